The molecule has 1 aliphatic carbocycles. The molecule has 1 aliphatic rings. The van der Waals surface area contributed by atoms with E-state index in [4.69, 9.17) is 0 Å². The number of carboxylic acids is 1. The van der Waals surface area contributed by atoms with Crippen molar-refractivity contribution in [1.29, 1.82) is 0 Å². The Hall–Kier alpha value is -4.04. The van der Waals surface area contributed by atoms with Crippen molar-refractivity contribution >= 4 is 33.2 Å². The summed E-state index contributed by atoms with van der Waals surface area (Å²) >= 11 is 0. The largest absolute Gasteiger partial charge is 0.545 e. The molecule has 1 N–H and O–H groups in total. The molecule has 160 valence electrons. The van der Waals surface area contributed by atoms with Crippen LogP contribution in [0.2, 0.25) is 0 Å². The lowest BCUT2D eigenvalue weighted by atomic mass is 9.92. The quantitative estimate of drug-likeness (QED) is 0.646. The zero-order valence-corrected chi connectivity index (χ0v) is 17.7. The van der Waals surface area contributed by atoms with E-state index in [0.29, 0.717) is 16.8 Å². The number of nitrogens with zero attached hydrogens (tertiary/aromatic N) is 1. The van der Waals surface area contributed by atoms with Crippen LogP contribution in [0.25, 0.3) is 0 Å². The number of carboxylic acid groups (broad SMARTS) is 1. The summed E-state index contributed by atoms with van der Waals surface area (Å²) in [4.78, 5) is 23.7. The van der Waals surface area contributed by atoms with Gasteiger partial charge in [0.05, 0.1) is 22.3 Å². The number of nitrogens with one attached hydrogen (secondary N) is 1. The van der Waals surface area contributed by atoms with Crippen molar-refractivity contribution in [2.45, 2.75) is 11.8 Å². The highest BCUT2D eigenvalue weighted by Crippen LogP contribution is 2.25. The summed E-state index contributed by atoms with van der Waals surface area (Å²) in [5, 5.41) is 14.0. The molecule has 0 aromatic heterocycles. The van der Waals surface area contributed by atoms with Gasteiger partial charge < -0.3 is 15.2 Å². The monoisotopic (exact) mass is 445 g/mol. The van der Waals surface area contributed by atoms with Crippen molar-refractivity contribution < 1.29 is 23.1 Å². The number of hydrogen-bond acceptors (Lipinski definition) is 6. The van der Waals surface area contributed by atoms with Crippen LogP contribution in [0.15, 0.2) is 93.9 Å². The number of fused-ring (bicyclic) bond motifs is 1. The number of carbonyl (C=O) groups is 2. The van der Waals surface area contributed by atoms with Crippen molar-refractivity contribution in [3.63, 3.8) is 0 Å². The fourth-order valence-corrected chi connectivity index (χ4v) is 4.32. The topological polar surface area (TPSA) is 116 Å². The standard InChI is InChI=1S/C24H18N2O5S/c1-15-5-4-6-17(13-15)25-22-14-21(19-7-2-3-8-20(19)23(22)27)26-32(30,31)18-11-9-16(10-12-18)24(28)29/h2-14,25H,1H3,(H,28,29)/p-1. The zero-order chi connectivity index (χ0) is 22.9. The van der Waals surface area contributed by atoms with Gasteiger partial charge in [0.1, 0.15) is 0 Å². The summed E-state index contributed by atoms with van der Waals surface area (Å²) < 4.78 is 29.7. The molecule has 0 unspecified atom stereocenters. The molecule has 0 saturated carbocycles. The average Bonchev–Trinajstić information content (AvgIpc) is 2.77. The fourth-order valence-electron chi connectivity index (χ4n) is 3.32. The average molecular weight is 445 g/mol. The lowest BCUT2D eigenvalue weighted by molar-refractivity contribution is -0.255. The maximum atomic E-state index is 13.0. The van der Waals surface area contributed by atoms with Crippen molar-refractivity contribution in [2.75, 3.05) is 5.32 Å². The lowest BCUT2D eigenvalue weighted by Gasteiger charge is -2.19. The number of aromatic carboxylic acids is 1. The number of hydrogen-bond donors (Lipinski definition) is 1. The van der Waals surface area contributed by atoms with Gasteiger partial charge in [0.15, 0.2) is 0 Å². The number of rotatable bonds is 5. The van der Waals surface area contributed by atoms with Crippen LogP contribution in [0.3, 0.4) is 0 Å². The molecule has 3 aromatic carbocycles. The van der Waals surface area contributed by atoms with E-state index in [9.17, 15) is 23.1 Å². The van der Waals surface area contributed by atoms with Crippen LogP contribution in [0.1, 0.15) is 31.8 Å². The van der Waals surface area contributed by atoms with Crippen molar-refractivity contribution in [1.82, 2.24) is 0 Å². The summed E-state index contributed by atoms with van der Waals surface area (Å²) in [6, 6.07) is 18.6. The van der Waals surface area contributed by atoms with E-state index in [1.54, 1.807) is 30.3 Å². The molecule has 4 rings (SSSR count). The second kappa shape index (κ2) is 8.24. The van der Waals surface area contributed by atoms with Crippen LogP contribution < -0.4 is 10.4 Å². The molecular formula is C24H17N2O5S-. The van der Waals surface area contributed by atoms with Crippen LogP contribution in [-0.4, -0.2) is 25.9 Å². The molecule has 0 bridgehead atoms. The Morgan fingerprint density at radius 1 is 0.938 bits per heavy atom. The van der Waals surface area contributed by atoms with E-state index in [1.807, 2.05) is 25.1 Å². The number of aryl methyl sites for hydroxylation is 1. The van der Waals surface area contributed by atoms with E-state index in [-0.39, 0.29) is 27.7 Å². The highest BCUT2D eigenvalue weighted by atomic mass is 32.2. The second-order valence-electron chi connectivity index (χ2n) is 7.19. The lowest BCUT2D eigenvalue weighted by Crippen LogP contribution is -2.23. The van der Waals surface area contributed by atoms with Crippen LogP contribution >= 0.6 is 0 Å². The van der Waals surface area contributed by atoms with Gasteiger partial charge in [-0.2, -0.15) is 12.8 Å². The van der Waals surface area contributed by atoms with Crippen molar-refractivity contribution in [3.05, 3.63) is 107 Å². The first-order valence-electron chi connectivity index (χ1n) is 9.60. The van der Waals surface area contributed by atoms with Gasteiger partial charge in [-0.15, -0.1) is 0 Å². The summed E-state index contributed by atoms with van der Waals surface area (Å²) in [6.07, 6.45) is 1.40. The summed E-state index contributed by atoms with van der Waals surface area (Å²) in [6.45, 7) is 1.92. The molecule has 0 spiro atoms. The van der Waals surface area contributed by atoms with Gasteiger partial charge in [0.2, 0.25) is 5.78 Å². The molecule has 32 heavy (non-hydrogen) atoms. The predicted octanol–water partition coefficient (Wildman–Crippen LogP) is 2.73. The molecule has 0 aliphatic heterocycles. The molecule has 0 atom stereocenters. The Kier molecular flexibility index (Phi) is 5.46. The van der Waals surface area contributed by atoms with E-state index in [1.165, 1.54) is 6.08 Å². The van der Waals surface area contributed by atoms with Crippen LogP contribution in [0.5, 0.6) is 0 Å². The number of sulfonamides is 1. The number of anilines is 1. The number of ketones is 1. The molecule has 0 fully saturated rings. The summed E-state index contributed by atoms with van der Waals surface area (Å²) in [5.74, 6) is -1.69. The first-order valence-corrected chi connectivity index (χ1v) is 11.0. The first-order chi connectivity index (χ1) is 15.2. The third kappa shape index (κ3) is 4.21. The minimum Gasteiger partial charge on any atom is -0.545 e. The van der Waals surface area contributed by atoms with Gasteiger partial charge >= 0.3 is 0 Å². The Morgan fingerprint density at radius 2 is 1.62 bits per heavy atom. The minimum absolute atomic E-state index is 0.0966. The Balaban J connectivity index is 1.79. The fraction of sp³-hybridized carbons (Fsp3) is 0.0417. The van der Waals surface area contributed by atoms with E-state index in [0.717, 1.165) is 29.8 Å². The first kappa shape index (κ1) is 21.2. The Morgan fingerprint density at radius 3 is 2.28 bits per heavy atom. The Bertz CT molecular complexity index is 1400. The maximum absolute atomic E-state index is 13.0. The van der Waals surface area contributed by atoms with Gasteiger partial charge in [0.25, 0.3) is 10.0 Å². The molecule has 8 heteroatoms. The molecule has 0 saturated heterocycles. The minimum atomic E-state index is -4.17. The van der Waals surface area contributed by atoms with Gasteiger partial charge in [-0.3, -0.25) is 4.79 Å². The van der Waals surface area contributed by atoms with Crippen molar-refractivity contribution in [2.24, 2.45) is 4.40 Å². The number of benzene rings is 3. The normalized spacial score (nSPS) is 14.6. The highest BCUT2D eigenvalue weighted by Gasteiger charge is 2.26. The summed E-state index contributed by atoms with van der Waals surface area (Å²) in [5.41, 5.74) is 2.54. The molecule has 3 aromatic rings. The maximum Gasteiger partial charge on any atom is 0.282 e. The molecule has 0 radical (unpaired) electrons. The molecule has 7 nitrogen and oxygen atoms in total. The van der Waals surface area contributed by atoms with Crippen LogP contribution in [-0.2, 0) is 10.0 Å². The Labute approximate surface area is 184 Å². The van der Waals surface area contributed by atoms with E-state index in [2.05, 4.69) is 9.71 Å². The van der Waals surface area contributed by atoms with Gasteiger partial charge in [-0.25, -0.2) is 0 Å². The van der Waals surface area contributed by atoms with Crippen molar-refractivity contribution in [3.8, 4) is 0 Å². The molecular weight excluding hydrogens is 428 g/mol. The van der Waals surface area contributed by atoms with E-state index < -0.39 is 16.0 Å². The zero-order valence-electron chi connectivity index (χ0n) is 16.9. The SMILES string of the molecule is Cc1cccc(NC2=CC(=NS(=O)(=O)c3ccc(C(=O)[O-])cc3)c3ccccc3C2=O)c1. The third-order valence-corrected chi connectivity index (χ3v) is 6.18. The smallest absolute Gasteiger partial charge is 0.282 e. The highest BCUT2D eigenvalue weighted by molar-refractivity contribution is 7.90. The van der Waals surface area contributed by atoms with Gasteiger partial charge in [-0.05, 0) is 48.4 Å². The summed E-state index contributed by atoms with van der Waals surface area (Å²) in [7, 11) is -4.17. The third-order valence-electron chi connectivity index (χ3n) is 4.88. The van der Waals surface area contributed by atoms with Crippen LogP contribution in [0.4, 0.5) is 5.69 Å². The molecule has 0 heterocycles. The number of carbonyl (C=O) groups excluding carboxylic acids is 2. The number of Topliss-reactive ketones (excluding diaryl/α,β-unsaturated/α-hetero) is 1. The van der Waals surface area contributed by atoms with Gasteiger partial charge in [-0.1, -0.05) is 48.5 Å². The van der Waals surface area contributed by atoms with Crippen LogP contribution in [0, 0.1) is 6.92 Å². The number of allylic oxidation sites excluding steroid dienone is 2. The van der Waals surface area contributed by atoms with Gasteiger partial charge in [0, 0.05) is 16.8 Å². The molecule has 0 amide bonds. The second-order valence-corrected chi connectivity index (χ2v) is 8.79. The van der Waals surface area contributed by atoms with E-state index >= 15 is 0 Å². The predicted molar refractivity (Wildman–Crippen MR) is 118 cm³/mol.